The summed E-state index contributed by atoms with van der Waals surface area (Å²) in [6, 6.07) is 17.0. The molecule has 0 amide bonds. The Morgan fingerprint density at radius 2 is 1.67 bits per heavy atom. The van der Waals surface area contributed by atoms with Crippen molar-refractivity contribution in [1.82, 2.24) is 19.1 Å². The number of imidazole rings is 1. The Morgan fingerprint density at radius 1 is 0.944 bits per heavy atom. The molecule has 0 N–H and O–H groups in total. The van der Waals surface area contributed by atoms with Crippen molar-refractivity contribution in [2.24, 2.45) is 7.05 Å². The summed E-state index contributed by atoms with van der Waals surface area (Å²) in [5.74, 6) is 0.535. The highest BCUT2D eigenvalue weighted by atomic mass is 32.2. The maximum Gasteiger partial charge on any atom is 0.333 e. The molecule has 0 spiro atoms. The van der Waals surface area contributed by atoms with Crippen LogP contribution in [0.4, 0.5) is 0 Å². The number of pyridine rings is 2. The number of hydrogen-bond acceptors (Lipinski definition) is 6. The van der Waals surface area contributed by atoms with Crippen LogP contribution in [0.1, 0.15) is 18.4 Å². The van der Waals surface area contributed by atoms with E-state index in [1.165, 1.54) is 6.26 Å². The Kier molecular flexibility index (Phi) is 4.85. The average molecular weight is 501 g/mol. The molecule has 0 aliphatic heterocycles. The molecule has 0 bridgehead atoms. The van der Waals surface area contributed by atoms with Gasteiger partial charge in [-0.1, -0.05) is 18.2 Å². The first-order valence-corrected chi connectivity index (χ1v) is 13.4. The summed E-state index contributed by atoms with van der Waals surface area (Å²) in [5.41, 5.74) is 5.30. The van der Waals surface area contributed by atoms with Gasteiger partial charge >= 0.3 is 5.69 Å². The molecule has 1 aliphatic rings. The number of benzene rings is 2. The molecular formula is C27H24N4O4S. The molecule has 3 heterocycles. The molecular weight excluding hydrogens is 476 g/mol. The molecule has 8 nitrogen and oxygen atoms in total. The normalized spacial score (nSPS) is 14.9. The lowest BCUT2D eigenvalue weighted by atomic mass is 10.0. The van der Waals surface area contributed by atoms with Crippen LogP contribution in [-0.4, -0.2) is 40.9 Å². The number of nitrogens with zero attached hydrogens (tertiary/aromatic N) is 4. The lowest BCUT2D eigenvalue weighted by molar-refractivity contribution is 0.398. The first kappa shape index (κ1) is 22.5. The van der Waals surface area contributed by atoms with Gasteiger partial charge in [0.1, 0.15) is 0 Å². The predicted molar refractivity (Wildman–Crippen MR) is 139 cm³/mol. The van der Waals surface area contributed by atoms with Crippen molar-refractivity contribution in [3.8, 4) is 22.7 Å². The summed E-state index contributed by atoms with van der Waals surface area (Å²) in [6.07, 6.45) is 6.00. The lowest BCUT2D eigenvalue weighted by Gasteiger charge is -2.14. The molecule has 9 heteroatoms. The highest BCUT2D eigenvalue weighted by Gasteiger charge is 2.53. The maximum atomic E-state index is 13.4. The third-order valence-corrected chi connectivity index (χ3v) is 9.29. The Bertz CT molecular complexity index is 1820. The van der Waals surface area contributed by atoms with Gasteiger partial charge in [-0.05, 0) is 54.3 Å². The first-order valence-electron chi connectivity index (χ1n) is 11.5. The monoisotopic (exact) mass is 500 g/mol. The van der Waals surface area contributed by atoms with Crippen LogP contribution in [-0.2, 0) is 21.6 Å². The molecule has 182 valence electrons. The van der Waals surface area contributed by atoms with Gasteiger partial charge in [0.2, 0.25) is 5.88 Å². The van der Waals surface area contributed by atoms with Gasteiger partial charge in [0, 0.05) is 36.5 Å². The van der Waals surface area contributed by atoms with E-state index < -0.39 is 14.6 Å². The minimum absolute atomic E-state index is 0.201. The topological polar surface area (TPSA) is 96.1 Å². The van der Waals surface area contributed by atoms with Crippen molar-refractivity contribution in [2.45, 2.75) is 17.6 Å². The second-order valence-electron chi connectivity index (χ2n) is 9.30. The average Bonchev–Trinajstić information content (AvgIpc) is 3.67. The van der Waals surface area contributed by atoms with Crippen molar-refractivity contribution in [2.75, 3.05) is 13.4 Å². The Hall–Kier alpha value is -3.98. The fraction of sp³-hybridized carbons (Fsp3) is 0.222. The van der Waals surface area contributed by atoms with Crippen LogP contribution in [0.3, 0.4) is 0 Å². The van der Waals surface area contributed by atoms with Crippen molar-refractivity contribution in [3.63, 3.8) is 0 Å². The molecule has 0 saturated heterocycles. The molecule has 6 rings (SSSR count). The van der Waals surface area contributed by atoms with E-state index in [0.717, 1.165) is 33.1 Å². The summed E-state index contributed by atoms with van der Waals surface area (Å²) >= 11 is 0. The molecule has 0 radical (unpaired) electrons. The number of hydrogen-bond donors (Lipinski definition) is 0. The van der Waals surface area contributed by atoms with E-state index in [-0.39, 0.29) is 5.69 Å². The van der Waals surface area contributed by atoms with Gasteiger partial charge < -0.3 is 4.74 Å². The van der Waals surface area contributed by atoms with Crippen LogP contribution in [0.5, 0.6) is 5.88 Å². The van der Waals surface area contributed by atoms with Gasteiger partial charge in [0.15, 0.2) is 9.84 Å². The van der Waals surface area contributed by atoms with E-state index in [4.69, 9.17) is 4.74 Å². The Morgan fingerprint density at radius 3 is 2.28 bits per heavy atom. The summed E-state index contributed by atoms with van der Waals surface area (Å²) in [5, 5.41) is 0.831. The van der Waals surface area contributed by atoms with Crippen LogP contribution in [0.25, 0.3) is 38.8 Å². The molecule has 1 saturated carbocycles. The zero-order chi connectivity index (χ0) is 25.2. The third-order valence-electron chi connectivity index (χ3n) is 7.23. The van der Waals surface area contributed by atoms with Crippen LogP contribution in [0, 0.1) is 0 Å². The van der Waals surface area contributed by atoms with Crippen LogP contribution >= 0.6 is 0 Å². The maximum absolute atomic E-state index is 13.4. The molecule has 1 aliphatic carbocycles. The predicted octanol–water partition coefficient (Wildman–Crippen LogP) is 3.98. The molecule has 36 heavy (non-hydrogen) atoms. The minimum Gasteiger partial charge on any atom is -0.481 e. The van der Waals surface area contributed by atoms with Crippen molar-refractivity contribution >= 4 is 31.8 Å². The summed E-state index contributed by atoms with van der Waals surface area (Å²) < 4.78 is 32.3. The molecule has 0 unspecified atom stereocenters. The molecule has 3 aromatic heterocycles. The van der Waals surface area contributed by atoms with Crippen molar-refractivity contribution < 1.29 is 13.2 Å². The van der Waals surface area contributed by atoms with E-state index in [9.17, 15) is 13.2 Å². The highest BCUT2D eigenvalue weighted by molar-refractivity contribution is 7.92. The van der Waals surface area contributed by atoms with E-state index in [2.05, 4.69) is 9.97 Å². The first-order chi connectivity index (χ1) is 17.2. The van der Waals surface area contributed by atoms with Gasteiger partial charge in [-0.15, -0.1) is 0 Å². The molecule has 5 aromatic rings. The second-order valence-corrected chi connectivity index (χ2v) is 11.6. The summed E-state index contributed by atoms with van der Waals surface area (Å²) in [4.78, 5) is 22.3. The number of rotatable bonds is 5. The highest BCUT2D eigenvalue weighted by Crippen LogP contribution is 2.52. The number of fused-ring (bicyclic) bond motifs is 3. The Labute approximate surface area is 207 Å². The second kappa shape index (κ2) is 7.76. The van der Waals surface area contributed by atoms with Gasteiger partial charge in [-0.2, -0.15) is 0 Å². The number of methoxy groups -OCH3 is 1. The smallest absolute Gasteiger partial charge is 0.333 e. The van der Waals surface area contributed by atoms with Gasteiger partial charge in [0.25, 0.3) is 0 Å². The minimum atomic E-state index is -3.22. The van der Waals surface area contributed by atoms with E-state index in [1.807, 2.05) is 54.6 Å². The van der Waals surface area contributed by atoms with E-state index in [1.54, 1.807) is 35.7 Å². The van der Waals surface area contributed by atoms with Crippen LogP contribution in [0.2, 0.25) is 0 Å². The van der Waals surface area contributed by atoms with Crippen molar-refractivity contribution in [3.05, 3.63) is 83.0 Å². The number of aryl methyl sites for hydroxylation is 1. The van der Waals surface area contributed by atoms with E-state index >= 15 is 0 Å². The zero-order valence-corrected chi connectivity index (χ0v) is 20.9. The van der Waals surface area contributed by atoms with E-state index in [0.29, 0.717) is 29.9 Å². The van der Waals surface area contributed by atoms with Gasteiger partial charge in [0.05, 0.1) is 40.3 Å². The largest absolute Gasteiger partial charge is 0.481 e. The van der Waals surface area contributed by atoms with Crippen LogP contribution in [0.15, 0.2) is 71.8 Å². The SMILES string of the molecule is COc1ccc(-c2ccc3ncc4c(c3c2)n(-c2ccc(C3(S(C)(=O)=O)CC3)cc2)c(=O)n4C)cn1. The molecule has 0 atom stereocenters. The Balaban J connectivity index is 1.55. The summed E-state index contributed by atoms with van der Waals surface area (Å²) in [7, 11) is 0.0832. The zero-order valence-electron chi connectivity index (χ0n) is 20.1. The number of ether oxygens (including phenoxy) is 1. The van der Waals surface area contributed by atoms with Gasteiger partial charge in [-0.25, -0.2) is 18.2 Å². The lowest BCUT2D eigenvalue weighted by Crippen LogP contribution is -2.21. The van der Waals surface area contributed by atoms with Gasteiger partial charge in [-0.3, -0.25) is 14.1 Å². The third kappa shape index (κ3) is 3.26. The van der Waals surface area contributed by atoms with Crippen molar-refractivity contribution in [1.29, 1.82) is 0 Å². The molecule has 2 aromatic carbocycles. The fourth-order valence-electron chi connectivity index (χ4n) is 4.99. The van der Waals surface area contributed by atoms with Crippen LogP contribution < -0.4 is 10.4 Å². The number of aromatic nitrogens is 4. The number of sulfone groups is 1. The molecule has 1 fully saturated rings. The summed E-state index contributed by atoms with van der Waals surface area (Å²) in [6.45, 7) is 0. The quantitative estimate of drug-likeness (QED) is 0.362. The fourth-order valence-corrected chi connectivity index (χ4v) is 6.40. The standard InChI is InChI=1S/C27H24N4O4S/c1-30-23-16-28-22-10-4-17(18-5-11-24(35-2)29-15-18)14-21(22)25(23)31(26(30)32)20-8-6-19(7-9-20)27(12-13-27)36(3,33)34/h4-11,14-16H,12-13H2,1-3H3.